The molecule has 4 nitrogen and oxygen atoms in total. The number of benzene rings is 1. The van der Waals surface area contributed by atoms with Crippen molar-refractivity contribution in [1.29, 1.82) is 0 Å². The van der Waals surface area contributed by atoms with Crippen LogP contribution < -0.4 is 5.32 Å². The first-order valence-electron chi connectivity index (χ1n) is 6.96. The van der Waals surface area contributed by atoms with Gasteiger partial charge >= 0.3 is 0 Å². The number of ether oxygens (including phenoxy) is 1. The zero-order valence-corrected chi connectivity index (χ0v) is 11.7. The van der Waals surface area contributed by atoms with E-state index in [1.165, 1.54) is 25.0 Å². The zero-order chi connectivity index (χ0) is 15.1. The quantitative estimate of drug-likeness (QED) is 0.614. The van der Waals surface area contributed by atoms with Crippen LogP contribution in [-0.2, 0) is 4.74 Å². The fourth-order valence-electron chi connectivity index (χ4n) is 1.79. The molecule has 0 bridgehead atoms. The van der Waals surface area contributed by atoms with Gasteiger partial charge in [0.2, 0.25) is 0 Å². The van der Waals surface area contributed by atoms with Gasteiger partial charge in [-0.2, -0.15) is 0 Å². The minimum atomic E-state index is -0.629. The van der Waals surface area contributed by atoms with Gasteiger partial charge < -0.3 is 15.2 Å². The summed E-state index contributed by atoms with van der Waals surface area (Å²) in [7, 11) is 0. The fourth-order valence-corrected chi connectivity index (χ4v) is 1.79. The summed E-state index contributed by atoms with van der Waals surface area (Å²) in [5.41, 5.74) is 0.401. The maximum absolute atomic E-state index is 13.8. The molecule has 1 fully saturated rings. The molecular formula is C16H18FNO3. The summed E-state index contributed by atoms with van der Waals surface area (Å²) in [5.74, 6) is 4.60. The highest BCUT2D eigenvalue weighted by Crippen LogP contribution is 2.28. The molecule has 1 aliphatic carbocycles. The van der Waals surface area contributed by atoms with Gasteiger partial charge in [0, 0.05) is 18.7 Å². The van der Waals surface area contributed by atoms with E-state index in [1.807, 2.05) is 0 Å². The zero-order valence-electron chi connectivity index (χ0n) is 11.7. The number of halogens is 1. The molecule has 0 spiro atoms. The highest BCUT2D eigenvalue weighted by molar-refractivity contribution is 5.94. The maximum Gasteiger partial charge on any atom is 0.254 e. The van der Waals surface area contributed by atoms with E-state index >= 15 is 0 Å². The van der Waals surface area contributed by atoms with E-state index in [9.17, 15) is 9.18 Å². The van der Waals surface area contributed by atoms with Gasteiger partial charge in [0.1, 0.15) is 12.4 Å². The van der Waals surface area contributed by atoms with Crippen LogP contribution in [0.15, 0.2) is 18.2 Å². The molecule has 0 aromatic heterocycles. The summed E-state index contributed by atoms with van der Waals surface area (Å²) in [6.07, 6.45) is 2.45. The van der Waals surface area contributed by atoms with E-state index in [0.29, 0.717) is 24.6 Å². The maximum atomic E-state index is 13.8. The van der Waals surface area contributed by atoms with Gasteiger partial charge in [-0.25, -0.2) is 4.39 Å². The van der Waals surface area contributed by atoms with Crippen molar-refractivity contribution in [3.05, 3.63) is 35.1 Å². The molecule has 0 atom stereocenters. The predicted octanol–water partition coefficient (Wildman–Crippen LogP) is 1.33. The van der Waals surface area contributed by atoms with Crippen LogP contribution >= 0.6 is 0 Å². The van der Waals surface area contributed by atoms with Crippen molar-refractivity contribution in [3.63, 3.8) is 0 Å². The Morgan fingerprint density at radius 1 is 1.48 bits per heavy atom. The summed E-state index contributed by atoms with van der Waals surface area (Å²) in [5, 5.41) is 11.2. The molecule has 1 aromatic rings. The highest BCUT2D eigenvalue weighted by atomic mass is 19.1. The number of rotatable bonds is 6. The molecule has 1 aromatic carbocycles. The SMILES string of the molecule is O=C(NCCOCC1CC1)c1ccc(C#CCO)cc1F. The second kappa shape index (κ2) is 7.77. The average molecular weight is 291 g/mol. The lowest BCUT2D eigenvalue weighted by molar-refractivity contribution is 0.0903. The Morgan fingerprint density at radius 2 is 2.29 bits per heavy atom. The van der Waals surface area contributed by atoms with E-state index in [1.54, 1.807) is 6.07 Å². The molecule has 0 unspecified atom stereocenters. The summed E-state index contributed by atoms with van der Waals surface area (Å²) in [6, 6.07) is 4.11. The van der Waals surface area contributed by atoms with Crippen LogP contribution in [0.5, 0.6) is 0 Å². The summed E-state index contributed by atoms with van der Waals surface area (Å²) in [4.78, 5) is 11.8. The number of hydrogen-bond donors (Lipinski definition) is 2. The smallest absolute Gasteiger partial charge is 0.254 e. The third-order valence-corrected chi connectivity index (χ3v) is 3.11. The van der Waals surface area contributed by atoms with Crippen molar-refractivity contribution >= 4 is 5.91 Å². The molecule has 1 amide bonds. The number of hydrogen-bond acceptors (Lipinski definition) is 3. The molecule has 112 valence electrons. The molecule has 0 aliphatic heterocycles. The van der Waals surface area contributed by atoms with Crippen LogP contribution in [-0.4, -0.2) is 37.4 Å². The van der Waals surface area contributed by atoms with E-state index < -0.39 is 11.7 Å². The molecule has 21 heavy (non-hydrogen) atoms. The number of nitrogens with one attached hydrogen (secondary N) is 1. The largest absolute Gasteiger partial charge is 0.384 e. The lowest BCUT2D eigenvalue weighted by Gasteiger charge is -2.07. The third kappa shape index (κ3) is 5.18. The number of aliphatic hydroxyl groups excluding tert-OH is 1. The van der Waals surface area contributed by atoms with Crippen LogP contribution in [0.1, 0.15) is 28.8 Å². The Kier molecular flexibility index (Phi) is 5.73. The van der Waals surface area contributed by atoms with Crippen LogP contribution in [0, 0.1) is 23.6 Å². The first kappa shape index (κ1) is 15.5. The first-order valence-corrected chi connectivity index (χ1v) is 6.96. The van der Waals surface area contributed by atoms with Crippen LogP contribution in [0.3, 0.4) is 0 Å². The van der Waals surface area contributed by atoms with E-state index in [4.69, 9.17) is 9.84 Å². The van der Waals surface area contributed by atoms with Gasteiger partial charge in [-0.1, -0.05) is 11.8 Å². The lowest BCUT2D eigenvalue weighted by atomic mass is 10.1. The molecule has 0 heterocycles. The molecule has 2 rings (SSSR count). The second-order valence-electron chi connectivity index (χ2n) is 4.93. The van der Waals surface area contributed by atoms with E-state index in [0.717, 1.165) is 6.61 Å². The van der Waals surface area contributed by atoms with Crippen molar-refractivity contribution in [1.82, 2.24) is 5.32 Å². The molecule has 5 heteroatoms. The predicted molar refractivity (Wildman–Crippen MR) is 76.2 cm³/mol. The van der Waals surface area contributed by atoms with Crippen molar-refractivity contribution in [3.8, 4) is 11.8 Å². The molecule has 0 radical (unpaired) electrons. The van der Waals surface area contributed by atoms with Crippen molar-refractivity contribution in [2.24, 2.45) is 5.92 Å². The van der Waals surface area contributed by atoms with Crippen LogP contribution in [0.25, 0.3) is 0 Å². The minimum absolute atomic E-state index is 0.0215. The van der Waals surface area contributed by atoms with Gasteiger partial charge in [-0.15, -0.1) is 0 Å². The summed E-state index contributed by atoms with van der Waals surface area (Å²) >= 11 is 0. The summed E-state index contributed by atoms with van der Waals surface area (Å²) < 4.78 is 19.2. The Bertz CT molecular complexity index is 558. The van der Waals surface area contributed by atoms with Crippen LogP contribution in [0.2, 0.25) is 0 Å². The lowest BCUT2D eigenvalue weighted by Crippen LogP contribution is -2.28. The minimum Gasteiger partial charge on any atom is -0.384 e. The van der Waals surface area contributed by atoms with Gasteiger partial charge in [-0.05, 0) is 37.0 Å². The average Bonchev–Trinajstić information content (AvgIpc) is 3.28. The highest BCUT2D eigenvalue weighted by Gasteiger charge is 2.21. The Morgan fingerprint density at radius 3 is 2.95 bits per heavy atom. The van der Waals surface area contributed by atoms with Gasteiger partial charge in [0.15, 0.2) is 0 Å². The summed E-state index contributed by atoms with van der Waals surface area (Å²) in [6.45, 7) is 1.24. The van der Waals surface area contributed by atoms with Crippen molar-refractivity contribution in [2.75, 3.05) is 26.4 Å². The third-order valence-electron chi connectivity index (χ3n) is 3.11. The number of aliphatic hydroxyl groups is 1. The fraction of sp³-hybridized carbons (Fsp3) is 0.438. The topological polar surface area (TPSA) is 58.6 Å². The van der Waals surface area contributed by atoms with E-state index in [-0.39, 0.29) is 12.2 Å². The van der Waals surface area contributed by atoms with Crippen molar-refractivity contribution < 1.29 is 19.0 Å². The number of carbonyl (C=O) groups excluding carboxylic acids is 1. The van der Waals surface area contributed by atoms with Crippen molar-refractivity contribution in [2.45, 2.75) is 12.8 Å². The molecule has 0 saturated heterocycles. The Hall–Kier alpha value is -1.90. The Labute approximate surface area is 123 Å². The van der Waals surface area contributed by atoms with E-state index in [2.05, 4.69) is 17.2 Å². The monoisotopic (exact) mass is 291 g/mol. The first-order chi connectivity index (χ1) is 10.2. The normalized spacial score (nSPS) is 13.4. The molecule has 1 aliphatic rings. The number of amides is 1. The van der Waals surface area contributed by atoms with Gasteiger partial charge in [-0.3, -0.25) is 4.79 Å². The standard InChI is InChI=1S/C16H18FNO3/c17-15-10-12(2-1-8-19)5-6-14(15)16(20)18-7-9-21-11-13-3-4-13/h5-6,10,13,19H,3-4,7-9,11H2,(H,18,20). The molecular weight excluding hydrogens is 273 g/mol. The van der Waals surface area contributed by atoms with Gasteiger partial charge in [0.05, 0.1) is 12.2 Å². The van der Waals surface area contributed by atoms with Crippen LogP contribution in [0.4, 0.5) is 4.39 Å². The number of carbonyl (C=O) groups is 1. The van der Waals surface area contributed by atoms with Gasteiger partial charge in [0.25, 0.3) is 5.91 Å². The Balaban J connectivity index is 1.80. The second-order valence-corrected chi connectivity index (χ2v) is 4.93. The molecule has 1 saturated carbocycles. The molecule has 2 N–H and O–H groups in total.